The molecule has 106 valence electrons. The highest BCUT2D eigenvalue weighted by atomic mass is 32.1. The van der Waals surface area contributed by atoms with Crippen LogP contribution in [0.15, 0.2) is 30.3 Å². The molecule has 0 fully saturated rings. The van der Waals surface area contributed by atoms with Crippen LogP contribution in [0.5, 0.6) is 0 Å². The molecule has 0 aliphatic rings. The molecule has 2 unspecified atom stereocenters. The van der Waals surface area contributed by atoms with Gasteiger partial charge in [0.25, 0.3) is 0 Å². The van der Waals surface area contributed by atoms with Crippen LogP contribution in [-0.4, -0.2) is 11.2 Å². The first kappa shape index (κ1) is 16.0. The Kier molecular flexibility index (Phi) is 7.49. The molecule has 0 spiro atoms. The van der Waals surface area contributed by atoms with E-state index in [0.717, 1.165) is 5.11 Å². The van der Waals surface area contributed by atoms with Gasteiger partial charge in [0.05, 0.1) is 6.04 Å². The van der Waals surface area contributed by atoms with E-state index in [1.165, 1.54) is 31.2 Å². The lowest BCUT2D eigenvalue weighted by molar-refractivity contribution is 0.546. The van der Waals surface area contributed by atoms with Crippen LogP contribution in [0.2, 0.25) is 0 Å². The van der Waals surface area contributed by atoms with E-state index >= 15 is 0 Å². The molecule has 0 bridgehead atoms. The number of nitrogens with one attached hydrogen (secondary N) is 2. The lowest BCUT2D eigenvalue weighted by atomic mass is 10.1. The van der Waals surface area contributed by atoms with Crippen molar-refractivity contribution in [2.75, 3.05) is 0 Å². The zero-order valence-corrected chi connectivity index (χ0v) is 13.1. The number of rotatable bonds is 7. The Morgan fingerprint density at radius 2 is 1.79 bits per heavy atom. The SMILES string of the molecule is CCCCCC(C)NC(=S)NC(C)c1ccccc1. The Bertz CT molecular complexity index is 364. The Morgan fingerprint density at radius 3 is 2.42 bits per heavy atom. The van der Waals surface area contributed by atoms with Gasteiger partial charge in [-0.25, -0.2) is 0 Å². The van der Waals surface area contributed by atoms with Gasteiger partial charge in [-0.1, -0.05) is 56.5 Å². The quantitative estimate of drug-likeness (QED) is 0.578. The third kappa shape index (κ3) is 6.58. The highest BCUT2D eigenvalue weighted by molar-refractivity contribution is 7.80. The second kappa shape index (κ2) is 8.92. The molecule has 0 radical (unpaired) electrons. The molecule has 2 nitrogen and oxygen atoms in total. The third-order valence-corrected chi connectivity index (χ3v) is 3.50. The van der Waals surface area contributed by atoms with E-state index in [4.69, 9.17) is 12.2 Å². The minimum Gasteiger partial charge on any atom is -0.360 e. The molecule has 0 heterocycles. The first-order valence-electron chi connectivity index (χ1n) is 7.25. The molecule has 0 amide bonds. The molecule has 2 N–H and O–H groups in total. The van der Waals surface area contributed by atoms with E-state index in [1.807, 2.05) is 6.07 Å². The predicted molar refractivity (Wildman–Crippen MR) is 87.3 cm³/mol. The summed E-state index contributed by atoms with van der Waals surface area (Å²) in [6.45, 7) is 6.55. The zero-order chi connectivity index (χ0) is 14.1. The monoisotopic (exact) mass is 278 g/mol. The van der Waals surface area contributed by atoms with Crippen molar-refractivity contribution in [1.82, 2.24) is 10.6 Å². The molecule has 0 saturated carbocycles. The summed E-state index contributed by atoms with van der Waals surface area (Å²) in [6.07, 6.45) is 5.00. The predicted octanol–water partition coefficient (Wildman–Crippen LogP) is 4.18. The first-order chi connectivity index (χ1) is 9.13. The Morgan fingerprint density at radius 1 is 1.11 bits per heavy atom. The summed E-state index contributed by atoms with van der Waals surface area (Å²) < 4.78 is 0. The molecule has 1 aromatic rings. The average molecular weight is 278 g/mol. The van der Waals surface area contributed by atoms with Crippen molar-refractivity contribution < 1.29 is 0 Å². The average Bonchev–Trinajstić information content (AvgIpc) is 2.39. The summed E-state index contributed by atoms with van der Waals surface area (Å²) >= 11 is 5.36. The fourth-order valence-corrected chi connectivity index (χ4v) is 2.44. The van der Waals surface area contributed by atoms with Crippen LogP contribution in [0.4, 0.5) is 0 Å². The maximum Gasteiger partial charge on any atom is 0.166 e. The number of benzene rings is 1. The van der Waals surface area contributed by atoms with Crippen LogP contribution < -0.4 is 10.6 Å². The van der Waals surface area contributed by atoms with Gasteiger partial charge in [0.1, 0.15) is 0 Å². The normalized spacial score (nSPS) is 13.6. The number of unbranched alkanes of at least 4 members (excludes halogenated alkanes) is 2. The van der Waals surface area contributed by atoms with Crippen molar-refractivity contribution in [1.29, 1.82) is 0 Å². The third-order valence-electron chi connectivity index (χ3n) is 3.27. The molecule has 0 aliphatic carbocycles. The van der Waals surface area contributed by atoms with Gasteiger partial charge in [-0.15, -0.1) is 0 Å². The van der Waals surface area contributed by atoms with Crippen LogP contribution in [0.25, 0.3) is 0 Å². The second-order valence-corrected chi connectivity index (χ2v) is 5.56. The molecule has 1 rings (SSSR count). The number of hydrogen-bond donors (Lipinski definition) is 2. The molecular weight excluding hydrogens is 252 g/mol. The van der Waals surface area contributed by atoms with E-state index in [-0.39, 0.29) is 6.04 Å². The molecule has 0 aromatic heterocycles. The van der Waals surface area contributed by atoms with Crippen molar-refractivity contribution >= 4 is 17.3 Å². The van der Waals surface area contributed by atoms with E-state index in [2.05, 4.69) is 55.7 Å². The standard InChI is InChI=1S/C16H26N2S/c1-4-5-7-10-13(2)17-16(19)18-14(3)15-11-8-6-9-12-15/h6,8-9,11-14H,4-5,7,10H2,1-3H3,(H2,17,18,19). The molecule has 19 heavy (non-hydrogen) atoms. The second-order valence-electron chi connectivity index (χ2n) is 5.15. The van der Waals surface area contributed by atoms with Crippen LogP contribution in [0.1, 0.15) is 58.1 Å². The van der Waals surface area contributed by atoms with Crippen molar-refractivity contribution in [3.05, 3.63) is 35.9 Å². The van der Waals surface area contributed by atoms with Crippen LogP contribution in [0.3, 0.4) is 0 Å². The fraction of sp³-hybridized carbons (Fsp3) is 0.562. The highest BCUT2D eigenvalue weighted by Gasteiger charge is 2.08. The topological polar surface area (TPSA) is 24.1 Å². The summed E-state index contributed by atoms with van der Waals surface area (Å²) in [6, 6.07) is 11.0. The van der Waals surface area contributed by atoms with Crippen molar-refractivity contribution in [3.8, 4) is 0 Å². The van der Waals surface area contributed by atoms with Gasteiger partial charge in [0.15, 0.2) is 5.11 Å². The van der Waals surface area contributed by atoms with Gasteiger partial charge < -0.3 is 10.6 Å². The molecule has 0 aliphatic heterocycles. The molecule has 2 atom stereocenters. The summed E-state index contributed by atoms with van der Waals surface area (Å²) in [4.78, 5) is 0. The van der Waals surface area contributed by atoms with Gasteiger partial charge in [-0.05, 0) is 38.0 Å². The summed E-state index contributed by atoms with van der Waals surface area (Å²) in [5.74, 6) is 0. The van der Waals surface area contributed by atoms with Crippen molar-refractivity contribution in [2.45, 2.75) is 58.5 Å². The summed E-state index contributed by atoms with van der Waals surface area (Å²) in [7, 11) is 0. The van der Waals surface area contributed by atoms with Gasteiger partial charge in [0.2, 0.25) is 0 Å². The Labute approximate surface area is 123 Å². The van der Waals surface area contributed by atoms with Gasteiger partial charge in [-0.2, -0.15) is 0 Å². The van der Waals surface area contributed by atoms with E-state index in [0.29, 0.717) is 6.04 Å². The van der Waals surface area contributed by atoms with Gasteiger partial charge in [-0.3, -0.25) is 0 Å². The zero-order valence-electron chi connectivity index (χ0n) is 12.3. The fourth-order valence-electron chi connectivity index (χ4n) is 2.06. The lowest BCUT2D eigenvalue weighted by Crippen LogP contribution is -2.41. The molecule has 1 aromatic carbocycles. The van der Waals surface area contributed by atoms with Crippen molar-refractivity contribution in [2.24, 2.45) is 0 Å². The van der Waals surface area contributed by atoms with E-state index in [9.17, 15) is 0 Å². The number of thiocarbonyl (C=S) groups is 1. The summed E-state index contributed by atoms with van der Waals surface area (Å²) in [5.41, 5.74) is 1.25. The minimum absolute atomic E-state index is 0.240. The minimum atomic E-state index is 0.240. The lowest BCUT2D eigenvalue weighted by Gasteiger charge is -2.20. The number of hydrogen-bond acceptors (Lipinski definition) is 1. The summed E-state index contributed by atoms with van der Waals surface area (Å²) in [5, 5.41) is 7.45. The van der Waals surface area contributed by atoms with Crippen LogP contribution in [0, 0.1) is 0 Å². The van der Waals surface area contributed by atoms with Crippen molar-refractivity contribution in [3.63, 3.8) is 0 Å². The molecular formula is C16H26N2S. The first-order valence-corrected chi connectivity index (χ1v) is 7.66. The van der Waals surface area contributed by atoms with E-state index < -0.39 is 0 Å². The van der Waals surface area contributed by atoms with Gasteiger partial charge >= 0.3 is 0 Å². The van der Waals surface area contributed by atoms with Crippen LogP contribution >= 0.6 is 12.2 Å². The molecule has 3 heteroatoms. The maximum absolute atomic E-state index is 5.36. The Balaban J connectivity index is 2.30. The maximum atomic E-state index is 5.36. The Hall–Kier alpha value is -1.09. The smallest absolute Gasteiger partial charge is 0.166 e. The van der Waals surface area contributed by atoms with Gasteiger partial charge in [0, 0.05) is 6.04 Å². The van der Waals surface area contributed by atoms with E-state index in [1.54, 1.807) is 0 Å². The molecule has 0 saturated heterocycles. The van der Waals surface area contributed by atoms with Crippen LogP contribution in [-0.2, 0) is 0 Å². The largest absolute Gasteiger partial charge is 0.360 e. The highest BCUT2D eigenvalue weighted by Crippen LogP contribution is 2.11.